The quantitative estimate of drug-likeness (QED) is 0.437. The number of allylic oxidation sites excluding steroid dienone is 2. The highest BCUT2D eigenvalue weighted by atomic mass is 32.1. The number of thiol groups is 1. The van der Waals surface area contributed by atoms with Crippen molar-refractivity contribution in [1.29, 1.82) is 0 Å². The first-order valence-corrected chi connectivity index (χ1v) is 6.06. The maximum atomic E-state index is 4.59. The van der Waals surface area contributed by atoms with E-state index in [4.69, 9.17) is 0 Å². The molecular weight excluding hydrogens is 176 g/mol. The molecule has 0 saturated carbocycles. The van der Waals surface area contributed by atoms with Crippen LogP contribution >= 0.6 is 12.6 Å². The summed E-state index contributed by atoms with van der Waals surface area (Å²) in [6.07, 6.45) is 17.3. The molecule has 13 heavy (non-hydrogen) atoms. The van der Waals surface area contributed by atoms with Crippen molar-refractivity contribution in [2.45, 2.75) is 56.6 Å². The molecule has 1 heteroatoms. The third kappa shape index (κ3) is 6.20. The van der Waals surface area contributed by atoms with Crippen LogP contribution < -0.4 is 0 Å². The van der Waals surface area contributed by atoms with Crippen LogP contribution in [0.3, 0.4) is 0 Å². The monoisotopic (exact) mass is 197 g/mol. The molecule has 0 amide bonds. The van der Waals surface area contributed by atoms with Crippen molar-refractivity contribution in [2.75, 3.05) is 0 Å². The standard InChI is InChI=1S/C12H21S/c13-12-10-8-6-4-2-1-3-5-7-9-11-12/h2,4-5,12-13H,1,3,6-11H2. The smallest absolute Gasteiger partial charge is 0.00169 e. The second-order valence-electron chi connectivity index (χ2n) is 3.85. The zero-order valence-electron chi connectivity index (χ0n) is 8.41. The van der Waals surface area contributed by atoms with Gasteiger partial charge in [0.25, 0.3) is 0 Å². The Morgan fingerprint density at radius 2 is 1.54 bits per heavy atom. The fourth-order valence-electron chi connectivity index (χ4n) is 1.71. The molecule has 0 bridgehead atoms. The Balaban J connectivity index is 2.20. The van der Waals surface area contributed by atoms with Crippen LogP contribution in [0.1, 0.15) is 51.4 Å². The molecule has 0 aromatic carbocycles. The van der Waals surface area contributed by atoms with Gasteiger partial charge in [-0.3, -0.25) is 0 Å². The van der Waals surface area contributed by atoms with Gasteiger partial charge in [0.2, 0.25) is 0 Å². The van der Waals surface area contributed by atoms with Gasteiger partial charge in [-0.25, -0.2) is 0 Å². The van der Waals surface area contributed by atoms with Crippen LogP contribution in [-0.4, -0.2) is 5.25 Å². The number of hydrogen-bond donors (Lipinski definition) is 1. The largest absolute Gasteiger partial charge is 0.176 e. The SMILES string of the molecule is SC1CCC[CH]CCC=CCCC1. The molecule has 1 rings (SSSR count). The molecular formula is C12H21S. The van der Waals surface area contributed by atoms with Gasteiger partial charge in [0, 0.05) is 5.25 Å². The van der Waals surface area contributed by atoms with E-state index in [2.05, 4.69) is 31.2 Å². The second kappa shape index (κ2) is 7.49. The molecule has 0 saturated heterocycles. The first-order valence-electron chi connectivity index (χ1n) is 5.54. The summed E-state index contributed by atoms with van der Waals surface area (Å²) in [7, 11) is 0. The van der Waals surface area contributed by atoms with Crippen molar-refractivity contribution in [3.8, 4) is 0 Å². The molecule has 1 atom stereocenters. The van der Waals surface area contributed by atoms with E-state index >= 15 is 0 Å². The van der Waals surface area contributed by atoms with Gasteiger partial charge in [-0.2, -0.15) is 12.6 Å². The lowest BCUT2D eigenvalue weighted by molar-refractivity contribution is 0.622. The minimum Gasteiger partial charge on any atom is -0.176 e. The summed E-state index contributed by atoms with van der Waals surface area (Å²) in [5.74, 6) is 0. The fraction of sp³-hybridized carbons (Fsp3) is 0.750. The average Bonchev–Trinajstić information content (AvgIpc) is 2.11. The van der Waals surface area contributed by atoms with E-state index in [9.17, 15) is 0 Å². The van der Waals surface area contributed by atoms with Crippen molar-refractivity contribution >= 4 is 12.6 Å². The maximum Gasteiger partial charge on any atom is 0.00169 e. The molecule has 0 fully saturated rings. The van der Waals surface area contributed by atoms with Gasteiger partial charge in [0.15, 0.2) is 0 Å². The fourth-order valence-corrected chi connectivity index (χ4v) is 2.07. The second-order valence-corrected chi connectivity index (χ2v) is 4.58. The highest BCUT2D eigenvalue weighted by Gasteiger charge is 2.02. The molecule has 0 spiro atoms. The highest BCUT2D eigenvalue weighted by Crippen LogP contribution is 2.16. The Morgan fingerprint density at radius 1 is 0.846 bits per heavy atom. The van der Waals surface area contributed by atoms with Crippen LogP contribution in [0.4, 0.5) is 0 Å². The minimum atomic E-state index is 0.640. The first kappa shape index (κ1) is 11.2. The molecule has 1 radical (unpaired) electrons. The van der Waals surface area contributed by atoms with Crippen LogP contribution in [-0.2, 0) is 0 Å². The van der Waals surface area contributed by atoms with Gasteiger partial charge in [-0.1, -0.05) is 25.0 Å². The van der Waals surface area contributed by atoms with Crippen molar-refractivity contribution < 1.29 is 0 Å². The lowest BCUT2D eigenvalue weighted by atomic mass is 10.0. The average molecular weight is 197 g/mol. The van der Waals surface area contributed by atoms with Crippen LogP contribution in [0.2, 0.25) is 0 Å². The Bertz CT molecular complexity index is 140. The predicted octanol–water partition coefficient (Wildman–Crippen LogP) is 4.18. The molecule has 0 aromatic rings. The molecule has 0 heterocycles. The zero-order chi connectivity index (χ0) is 9.36. The number of rotatable bonds is 0. The predicted molar refractivity (Wildman–Crippen MR) is 63.2 cm³/mol. The highest BCUT2D eigenvalue weighted by molar-refractivity contribution is 7.80. The van der Waals surface area contributed by atoms with Crippen molar-refractivity contribution in [3.05, 3.63) is 18.6 Å². The van der Waals surface area contributed by atoms with Gasteiger partial charge in [0.05, 0.1) is 0 Å². The topological polar surface area (TPSA) is 0 Å². The molecule has 0 N–H and O–H groups in total. The normalized spacial score (nSPS) is 27.6. The van der Waals surface area contributed by atoms with Crippen molar-refractivity contribution in [2.24, 2.45) is 0 Å². The third-order valence-corrected chi connectivity index (χ3v) is 3.07. The van der Waals surface area contributed by atoms with Crippen LogP contribution in [0.5, 0.6) is 0 Å². The zero-order valence-corrected chi connectivity index (χ0v) is 9.31. The number of hydrogen-bond acceptors (Lipinski definition) is 1. The Labute approximate surface area is 88.2 Å². The lowest BCUT2D eigenvalue weighted by Gasteiger charge is -2.10. The Hall–Kier alpha value is 0.0900. The summed E-state index contributed by atoms with van der Waals surface area (Å²) >= 11 is 4.59. The third-order valence-electron chi connectivity index (χ3n) is 2.56. The van der Waals surface area contributed by atoms with E-state index in [0.717, 1.165) is 0 Å². The van der Waals surface area contributed by atoms with Crippen molar-refractivity contribution in [1.82, 2.24) is 0 Å². The summed E-state index contributed by atoms with van der Waals surface area (Å²) < 4.78 is 0. The van der Waals surface area contributed by atoms with Crippen molar-refractivity contribution in [3.63, 3.8) is 0 Å². The maximum absolute atomic E-state index is 4.59. The molecule has 0 aliphatic heterocycles. The Kier molecular flexibility index (Phi) is 6.43. The van der Waals surface area contributed by atoms with Gasteiger partial charge < -0.3 is 0 Å². The van der Waals surface area contributed by atoms with Gasteiger partial charge in [-0.05, 0) is 44.9 Å². The first-order chi connectivity index (χ1) is 6.39. The molecule has 0 nitrogen and oxygen atoms in total. The van der Waals surface area contributed by atoms with Crippen LogP contribution in [0.25, 0.3) is 0 Å². The van der Waals surface area contributed by atoms with E-state index in [0.29, 0.717) is 5.25 Å². The van der Waals surface area contributed by atoms with Gasteiger partial charge in [0.1, 0.15) is 0 Å². The minimum absolute atomic E-state index is 0.640. The molecule has 1 unspecified atom stereocenters. The molecule has 75 valence electrons. The van der Waals surface area contributed by atoms with Crippen LogP contribution in [0.15, 0.2) is 12.2 Å². The lowest BCUT2D eigenvalue weighted by Crippen LogP contribution is -1.98. The summed E-state index contributed by atoms with van der Waals surface area (Å²) in [5, 5.41) is 0.640. The van der Waals surface area contributed by atoms with Gasteiger partial charge in [-0.15, -0.1) is 0 Å². The summed E-state index contributed by atoms with van der Waals surface area (Å²) in [6.45, 7) is 0. The molecule has 1 aliphatic rings. The summed E-state index contributed by atoms with van der Waals surface area (Å²) in [6, 6.07) is 0. The van der Waals surface area contributed by atoms with E-state index in [1.165, 1.54) is 51.4 Å². The summed E-state index contributed by atoms with van der Waals surface area (Å²) in [4.78, 5) is 0. The van der Waals surface area contributed by atoms with Gasteiger partial charge >= 0.3 is 0 Å². The van der Waals surface area contributed by atoms with E-state index in [-0.39, 0.29) is 0 Å². The van der Waals surface area contributed by atoms with E-state index in [1.807, 2.05) is 0 Å². The van der Waals surface area contributed by atoms with E-state index in [1.54, 1.807) is 0 Å². The summed E-state index contributed by atoms with van der Waals surface area (Å²) in [5.41, 5.74) is 0. The van der Waals surface area contributed by atoms with E-state index < -0.39 is 0 Å². The molecule has 0 aromatic heterocycles. The molecule has 1 aliphatic carbocycles. The van der Waals surface area contributed by atoms with Crippen LogP contribution in [0, 0.1) is 6.42 Å². The Morgan fingerprint density at radius 3 is 2.38 bits per heavy atom.